The summed E-state index contributed by atoms with van der Waals surface area (Å²) >= 11 is 12.1. The summed E-state index contributed by atoms with van der Waals surface area (Å²) in [6.45, 7) is 4.51. The van der Waals surface area contributed by atoms with E-state index in [1.165, 1.54) is 0 Å². The predicted molar refractivity (Wildman–Crippen MR) is 110 cm³/mol. The van der Waals surface area contributed by atoms with Gasteiger partial charge in [0.25, 0.3) is 5.91 Å². The largest absolute Gasteiger partial charge is 0.367 e. The number of carbonyl (C=O) groups is 2. The first kappa shape index (κ1) is 20.6. The maximum atomic E-state index is 12.9. The molecule has 1 heterocycles. The normalized spacial score (nSPS) is 20.5. The molecule has 0 spiro atoms. The Balaban J connectivity index is 1.68. The lowest BCUT2D eigenvalue weighted by molar-refractivity contribution is -0.146. The lowest BCUT2D eigenvalue weighted by atomic mass is 10.1. The molecule has 7 heteroatoms. The molecule has 0 aromatic heterocycles. The first-order chi connectivity index (χ1) is 13.4. The number of rotatable bonds is 4. The van der Waals surface area contributed by atoms with Crippen LogP contribution < -0.4 is 5.32 Å². The number of amides is 2. The van der Waals surface area contributed by atoms with Crippen LogP contribution in [0.4, 0.5) is 0 Å². The van der Waals surface area contributed by atoms with Gasteiger partial charge >= 0.3 is 0 Å². The van der Waals surface area contributed by atoms with Crippen LogP contribution in [0.5, 0.6) is 0 Å². The number of ether oxygens (including phenoxy) is 1. The third-order valence-corrected chi connectivity index (χ3v) is 5.48. The van der Waals surface area contributed by atoms with Gasteiger partial charge in [-0.15, -0.1) is 0 Å². The van der Waals surface area contributed by atoms with Crippen LogP contribution in [0.25, 0.3) is 0 Å². The third-order valence-electron chi connectivity index (χ3n) is 4.66. The van der Waals surface area contributed by atoms with E-state index in [0.29, 0.717) is 18.1 Å². The van der Waals surface area contributed by atoms with Gasteiger partial charge in [0, 0.05) is 6.54 Å². The third kappa shape index (κ3) is 4.66. The molecule has 1 aliphatic heterocycles. The van der Waals surface area contributed by atoms with Gasteiger partial charge in [0.15, 0.2) is 0 Å². The van der Waals surface area contributed by atoms with Crippen LogP contribution in [0.15, 0.2) is 48.5 Å². The fraction of sp³-hybridized carbons (Fsp3) is 0.333. The molecular weight excluding hydrogens is 399 g/mol. The second-order valence-electron chi connectivity index (χ2n) is 6.89. The Hall–Kier alpha value is -2.08. The fourth-order valence-electron chi connectivity index (χ4n) is 3.27. The molecule has 3 unspecified atom stereocenters. The van der Waals surface area contributed by atoms with Gasteiger partial charge in [0.05, 0.1) is 28.3 Å². The highest BCUT2D eigenvalue weighted by Crippen LogP contribution is 2.27. The van der Waals surface area contributed by atoms with Crippen molar-refractivity contribution in [2.24, 2.45) is 0 Å². The van der Waals surface area contributed by atoms with Gasteiger partial charge in [-0.05, 0) is 31.5 Å². The quantitative estimate of drug-likeness (QED) is 0.809. The molecule has 1 N–H and O–H groups in total. The average Bonchev–Trinajstić information content (AvgIpc) is 2.69. The fourth-order valence-corrected chi connectivity index (χ4v) is 3.66. The summed E-state index contributed by atoms with van der Waals surface area (Å²) in [6, 6.07) is 13.9. The molecule has 2 aromatic rings. The SMILES string of the molecule is CC1CN(C(=O)C(C)NC(=O)c2cccc(Cl)c2Cl)CC(c2ccccc2)O1. The van der Waals surface area contributed by atoms with Crippen LogP contribution in [0.1, 0.15) is 35.9 Å². The second kappa shape index (κ2) is 8.95. The van der Waals surface area contributed by atoms with E-state index in [1.54, 1.807) is 30.0 Å². The zero-order valence-corrected chi connectivity index (χ0v) is 17.2. The van der Waals surface area contributed by atoms with Crippen LogP contribution in [-0.4, -0.2) is 41.9 Å². The summed E-state index contributed by atoms with van der Waals surface area (Å²) in [5.74, 6) is -0.600. The van der Waals surface area contributed by atoms with Crippen molar-refractivity contribution in [2.75, 3.05) is 13.1 Å². The molecule has 0 radical (unpaired) electrons. The average molecular weight is 421 g/mol. The van der Waals surface area contributed by atoms with Crippen molar-refractivity contribution in [3.05, 3.63) is 69.7 Å². The van der Waals surface area contributed by atoms with Gasteiger partial charge in [-0.2, -0.15) is 0 Å². The van der Waals surface area contributed by atoms with Gasteiger partial charge in [-0.25, -0.2) is 0 Å². The van der Waals surface area contributed by atoms with Crippen LogP contribution in [0, 0.1) is 0 Å². The minimum atomic E-state index is -0.704. The number of halogens is 2. The monoisotopic (exact) mass is 420 g/mol. The van der Waals surface area contributed by atoms with E-state index in [0.717, 1.165) is 5.56 Å². The molecule has 28 heavy (non-hydrogen) atoms. The van der Waals surface area contributed by atoms with Crippen molar-refractivity contribution >= 4 is 35.0 Å². The Morgan fingerprint density at radius 3 is 2.54 bits per heavy atom. The first-order valence-electron chi connectivity index (χ1n) is 9.11. The lowest BCUT2D eigenvalue weighted by Crippen LogP contribution is -2.52. The molecule has 5 nitrogen and oxygen atoms in total. The minimum Gasteiger partial charge on any atom is -0.367 e. The molecule has 3 rings (SSSR count). The topological polar surface area (TPSA) is 58.6 Å². The minimum absolute atomic E-state index is 0.104. The summed E-state index contributed by atoms with van der Waals surface area (Å²) in [5.41, 5.74) is 1.26. The number of nitrogens with one attached hydrogen (secondary N) is 1. The highest BCUT2D eigenvalue weighted by molar-refractivity contribution is 6.43. The summed E-state index contributed by atoms with van der Waals surface area (Å²) in [6.07, 6.45) is -0.299. The van der Waals surface area contributed by atoms with Crippen LogP contribution in [0.2, 0.25) is 10.0 Å². The van der Waals surface area contributed by atoms with E-state index in [2.05, 4.69) is 5.32 Å². The number of hydrogen-bond acceptors (Lipinski definition) is 3. The van der Waals surface area contributed by atoms with Gasteiger partial charge in [0.1, 0.15) is 12.1 Å². The highest BCUT2D eigenvalue weighted by Gasteiger charge is 2.32. The van der Waals surface area contributed by atoms with E-state index in [1.807, 2.05) is 37.3 Å². The number of benzene rings is 2. The van der Waals surface area contributed by atoms with E-state index >= 15 is 0 Å². The van der Waals surface area contributed by atoms with Crippen molar-refractivity contribution in [3.63, 3.8) is 0 Å². The molecule has 1 aliphatic rings. The first-order valence-corrected chi connectivity index (χ1v) is 9.86. The zero-order valence-electron chi connectivity index (χ0n) is 15.7. The highest BCUT2D eigenvalue weighted by atomic mass is 35.5. The Kier molecular flexibility index (Phi) is 6.60. The smallest absolute Gasteiger partial charge is 0.253 e. The summed E-state index contributed by atoms with van der Waals surface area (Å²) in [5, 5.41) is 3.18. The van der Waals surface area contributed by atoms with Crippen LogP contribution in [0.3, 0.4) is 0 Å². The molecule has 0 aliphatic carbocycles. The van der Waals surface area contributed by atoms with E-state index < -0.39 is 11.9 Å². The van der Waals surface area contributed by atoms with Gasteiger partial charge < -0.3 is 15.0 Å². The molecule has 1 saturated heterocycles. The van der Waals surface area contributed by atoms with Crippen molar-refractivity contribution in [1.82, 2.24) is 10.2 Å². The van der Waals surface area contributed by atoms with Crippen LogP contribution >= 0.6 is 23.2 Å². The van der Waals surface area contributed by atoms with E-state index in [4.69, 9.17) is 27.9 Å². The maximum Gasteiger partial charge on any atom is 0.253 e. The number of hydrogen-bond donors (Lipinski definition) is 1. The van der Waals surface area contributed by atoms with Gasteiger partial charge in [-0.1, -0.05) is 59.6 Å². The van der Waals surface area contributed by atoms with Crippen molar-refractivity contribution in [3.8, 4) is 0 Å². The molecule has 0 bridgehead atoms. The summed E-state index contributed by atoms with van der Waals surface area (Å²) in [4.78, 5) is 27.2. The van der Waals surface area contributed by atoms with Gasteiger partial charge in [0.2, 0.25) is 5.91 Å². The van der Waals surface area contributed by atoms with Crippen LogP contribution in [-0.2, 0) is 9.53 Å². The number of morpholine rings is 1. The Bertz CT molecular complexity index is 860. The standard InChI is InChI=1S/C21H22Cl2N2O3/c1-13-11-25(12-18(28-13)15-7-4-3-5-8-15)21(27)14(2)24-20(26)16-9-6-10-17(22)19(16)23/h3-10,13-14,18H,11-12H2,1-2H3,(H,24,26). The van der Waals surface area contributed by atoms with E-state index in [9.17, 15) is 9.59 Å². The molecule has 148 valence electrons. The Labute approximate surface area is 174 Å². The van der Waals surface area contributed by atoms with Crippen molar-refractivity contribution in [1.29, 1.82) is 0 Å². The molecule has 0 saturated carbocycles. The zero-order chi connectivity index (χ0) is 20.3. The number of nitrogens with zero attached hydrogens (tertiary/aromatic N) is 1. The van der Waals surface area contributed by atoms with Crippen molar-refractivity contribution < 1.29 is 14.3 Å². The molecule has 1 fully saturated rings. The molecule has 2 amide bonds. The molecular formula is C21H22Cl2N2O3. The maximum absolute atomic E-state index is 12.9. The lowest BCUT2D eigenvalue weighted by Gasteiger charge is -2.38. The number of carbonyl (C=O) groups excluding carboxylic acids is 2. The van der Waals surface area contributed by atoms with Crippen molar-refractivity contribution in [2.45, 2.75) is 32.1 Å². The predicted octanol–water partition coefficient (Wildman–Crippen LogP) is 4.10. The molecule has 2 aromatic carbocycles. The Morgan fingerprint density at radius 2 is 1.82 bits per heavy atom. The second-order valence-corrected chi connectivity index (χ2v) is 7.67. The molecule has 3 atom stereocenters. The van der Waals surface area contributed by atoms with E-state index in [-0.39, 0.29) is 28.7 Å². The van der Waals surface area contributed by atoms with Gasteiger partial charge in [-0.3, -0.25) is 9.59 Å². The summed E-state index contributed by atoms with van der Waals surface area (Å²) < 4.78 is 6.00. The summed E-state index contributed by atoms with van der Waals surface area (Å²) in [7, 11) is 0. The Morgan fingerprint density at radius 1 is 1.11 bits per heavy atom.